The lowest BCUT2D eigenvalue weighted by Gasteiger charge is -2.27. The van der Waals surface area contributed by atoms with E-state index in [1.807, 2.05) is 71.6 Å². The van der Waals surface area contributed by atoms with Crippen LogP contribution in [0.25, 0.3) is 11.3 Å². The van der Waals surface area contributed by atoms with Crippen molar-refractivity contribution in [3.8, 4) is 28.5 Å². The Morgan fingerprint density at radius 3 is 2.42 bits per heavy atom. The molecule has 1 unspecified atom stereocenters. The van der Waals surface area contributed by atoms with Gasteiger partial charge in [0.2, 0.25) is 0 Å². The summed E-state index contributed by atoms with van der Waals surface area (Å²) in [5.41, 5.74) is 4.80. The van der Waals surface area contributed by atoms with Crippen molar-refractivity contribution < 1.29 is 19.0 Å². The number of nitrogens with one attached hydrogen (secondary N) is 1. The second-order valence-corrected chi connectivity index (χ2v) is 9.60. The minimum atomic E-state index is -0.386. The van der Waals surface area contributed by atoms with Gasteiger partial charge in [-0.1, -0.05) is 55.3 Å². The molecule has 7 nitrogen and oxygen atoms in total. The van der Waals surface area contributed by atoms with Crippen LogP contribution in [0.1, 0.15) is 53.0 Å². The van der Waals surface area contributed by atoms with E-state index < -0.39 is 0 Å². The van der Waals surface area contributed by atoms with E-state index in [1.54, 1.807) is 14.2 Å². The molecule has 1 amide bonds. The molecule has 5 rings (SSSR count). The Morgan fingerprint density at radius 1 is 0.974 bits per heavy atom. The van der Waals surface area contributed by atoms with E-state index in [-0.39, 0.29) is 11.9 Å². The number of aromatic amines is 1. The summed E-state index contributed by atoms with van der Waals surface area (Å²) in [7, 11) is 3.26. The molecule has 0 spiro atoms. The van der Waals surface area contributed by atoms with Crippen LogP contribution in [0.3, 0.4) is 0 Å². The number of carbonyl (C=O) groups is 1. The van der Waals surface area contributed by atoms with Gasteiger partial charge >= 0.3 is 0 Å². The van der Waals surface area contributed by atoms with E-state index in [0.717, 1.165) is 46.5 Å². The average Bonchev–Trinajstić information content (AvgIpc) is 3.49. The number of nitrogens with zero attached hydrogens (tertiary/aromatic N) is 2. The molecule has 0 fully saturated rings. The SMILES string of the molecule is CCCCOc1ccc(C2c3c(-c4ccc(Cl)cc4)n[nH]c3C(=O)N2Cc2ccc(OC)cc2)cc1OC. The molecule has 196 valence electrons. The average molecular weight is 532 g/mol. The molecular weight excluding hydrogens is 502 g/mol. The summed E-state index contributed by atoms with van der Waals surface area (Å²) in [6.45, 7) is 3.15. The summed E-state index contributed by atoms with van der Waals surface area (Å²) < 4.78 is 17.0. The molecule has 0 aliphatic carbocycles. The number of unbranched alkanes of at least 4 members (excludes halogenated alkanes) is 1. The molecule has 1 N–H and O–H groups in total. The lowest BCUT2D eigenvalue weighted by Crippen LogP contribution is -2.29. The largest absolute Gasteiger partial charge is 0.497 e. The number of aromatic nitrogens is 2. The fraction of sp³-hybridized carbons (Fsp3) is 0.267. The highest BCUT2D eigenvalue weighted by atomic mass is 35.5. The zero-order chi connectivity index (χ0) is 26.6. The second-order valence-electron chi connectivity index (χ2n) is 9.16. The maximum Gasteiger partial charge on any atom is 0.273 e. The number of benzene rings is 3. The van der Waals surface area contributed by atoms with Crippen molar-refractivity contribution in [3.63, 3.8) is 0 Å². The number of carbonyl (C=O) groups excluding carboxylic acids is 1. The summed E-state index contributed by atoms with van der Waals surface area (Å²) >= 11 is 6.14. The fourth-order valence-corrected chi connectivity index (χ4v) is 4.89. The molecule has 3 aromatic carbocycles. The molecule has 8 heteroatoms. The van der Waals surface area contributed by atoms with Gasteiger partial charge in [-0.2, -0.15) is 5.10 Å². The zero-order valence-corrected chi connectivity index (χ0v) is 22.4. The van der Waals surface area contributed by atoms with Gasteiger partial charge in [-0.05, 0) is 53.9 Å². The van der Waals surface area contributed by atoms with Gasteiger partial charge in [0.15, 0.2) is 11.5 Å². The van der Waals surface area contributed by atoms with Crippen molar-refractivity contribution in [1.29, 1.82) is 0 Å². The van der Waals surface area contributed by atoms with Crippen molar-refractivity contribution in [1.82, 2.24) is 15.1 Å². The number of hydrogen-bond acceptors (Lipinski definition) is 5. The second kappa shape index (κ2) is 11.2. The first kappa shape index (κ1) is 25.7. The van der Waals surface area contributed by atoms with E-state index in [1.165, 1.54) is 0 Å². The highest BCUT2D eigenvalue weighted by Gasteiger charge is 2.42. The zero-order valence-electron chi connectivity index (χ0n) is 21.7. The van der Waals surface area contributed by atoms with Crippen LogP contribution in [0.15, 0.2) is 66.7 Å². The van der Waals surface area contributed by atoms with Crippen LogP contribution in [0.4, 0.5) is 0 Å². The van der Waals surface area contributed by atoms with Gasteiger partial charge in [-0.25, -0.2) is 0 Å². The number of halogens is 1. The number of hydrogen-bond donors (Lipinski definition) is 1. The molecule has 2 heterocycles. The van der Waals surface area contributed by atoms with Gasteiger partial charge in [-0.15, -0.1) is 0 Å². The van der Waals surface area contributed by atoms with Crippen LogP contribution in [-0.2, 0) is 6.54 Å². The van der Waals surface area contributed by atoms with Gasteiger partial charge in [0.25, 0.3) is 5.91 Å². The van der Waals surface area contributed by atoms with Crippen LogP contribution in [0.5, 0.6) is 17.2 Å². The number of H-pyrrole nitrogens is 1. The lowest BCUT2D eigenvalue weighted by molar-refractivity contribution is 0.0730. The standard InChI is InChI=1S/C30H30ClN3O4/c1-4-5-16-38-24-15-10-21(17-25(24)37-3)29-26-27(20-8-11-22(31)12-9-20)32-33-28(26)30(35)34(29)18-19-6-13-23(36-2)14-7-19/h6-15,17,29H,4-5,16,18H2,1-3H3,(H,32,33). The van der Waals surface area contributed by atoms with E-state index >= 15 is 0 Å². The third kappa shape index (κ3) is 4.94. The fourth-order valence-electron chi connectivity index (χ4n) is 4.76. The molecule has 0 bridgehead atoms. The topological polar surface area (TPSA) is 76.7 Å². The van der Waals surface area contributed by atoms with Crippen molar-refractivity contribution in [3.05, 3.63) is 94.1 Å². The van der Waals surface area contributed by atoms with Crippen molar-refractivity contribution in [2.24, 2.45) is 0 Å². The van der Waals surface area contributed by atoms with Crippen LogP contribution >= 0.6 is 11.6 Å². The molecular formula is C30H30ClN3O4. The van der Waals surface area contributed by atoms with Gasteiger partial charge in [0.1, 0.15) is 11.4 Å². The predicted octanol–water partition coefficient (Wildman–Crippen LogP) is 6.67. The number of rotatable bonds is 10. The molecule has 1 aliphatic heterocycles. The van der Waals surface area contributed by atoms with E-state index in [9.17, 15) is 4.79 Å². The minimum Gasteiger partial charge on any atom is -0.497 e. The Morgan fingerprint density at radius 2 is 1.74 bits per heavy atom. The van der Waals surface area contributed by atoms with Crippen molar-refractivity contribution in [2.45, 2.75) is 32.4 Å². The van der Waals surface area contributed by atoms with Crippen LogP contribution in [0.2, 0.25) is 5.02 Å². The first-order chi connectivity index (χ1) is 18.5. The number of amides is 1. The molecule has 38 heavy (non-hydrogen) atoms. The Hall–Kier alpha value is -3.97. The molecule has 0 saturated carbocycles. The molecule has 0 radical (unpaired) electrons. The van der Waals surface area contributed by atoms with Gasteiger partial charge in [0.05, 0.1) is 32.6 Å². The summed E-state index contributed by atoms with van der Waals surface area (Å²) in [6, 6.07) is 20.7. The van der Waals surface area contributed by atoms with Crippen LogP contribution in [0, 0.1) is 0 Å². The highest BCUT2D eigenvalue weighted by molar-refractivity contribution is 6.30. The predicted molar refractivity (Wildman–Crippen MR) is 147 cm³/mol. The molecule has 1 aliphatic rings. The highest BCUT2D eigenvalue weighted by Crippen LogP contribution is 2.45. The van der Waals surface area contributed by atoms with E-state index in [4.69, 9.17) is 25.8 Å². The normalized spacial score (nSPS) is 14.5. The number of fused-ring (bicyclic) bond motifs is 1. The minimum absolute atomic E-state index is 0.115. The Balaban J connectivity index is 1.58. The first-order valence-corrected chi connectivity index (χ1v) is 13.0. The molecule has 0 saturated heterocycles. The maximum atomic E-state index is 13.8. The van der Waals surface area contributed by atoms with Gasteiger partial charge < -0.3 is 19.1 Å². The van der Waals surface area contributed by atoms with Gasteiger partial charge in [-0.3, -0.25) is 9.89 Å². The molecule has 1 aromatic heterocycles. The Kier molecular flexibility index (Phi) is 7.56. The summed E-state index contributed by atoms with van der Waals surface area (Å²) in [6.07, 6.45) is 2.00. The van der Waals surface area contributed by atoms with E-state index in [0.29, 0.717) is 35.4 Å². The van der Waals surface area contributed by atoms with Crippen LogP contribution in [-0.4, -0.2) is 41.8 Å². The third-order valence-corrected chi connectivity index (χ3v) is 7.00. The smallest absolute Gasteiger partial charge is 0.273 e. The molecule has 4 aromatic rings. The monoisotopic (exact) mass is 531 g/mol. The Bertz CT molecular complexity index is 1420. The van der Waals surface area contributed by atoms with Gasteiger partial charge in [0, 0.05) is 22.7 Å². The lowest BCUT2D eigenvalue weighted by atomic mass is 9.95. The van der Waals surface area contributed by atoms with Crippen molar-refractivity contribution in [2.75, 3.05) is 20.8 Å². The van der Waals surface area contributed by atoms with Crippen molar-refractivity contribution >= 4 is 17.5 Å². The van der Waals surface area contributed by atoms with Crippen LogP contribution < -0.4 is 14.2 Å². The number of ether oxygens (including phenoxy) is 3. The summed E-state index contributed by atoms with van der Waals surface area (Å²) in [4.78, 5) is 15.6. The summed E-state index contributed by atoms with van der Waals surface area (Å²) in [5.74, 6) is 1.96. The maximum absolute atomic E-state index is 13.8. The van der Waals surface area contributed by atoms with E-state index in [2.05, 4.69) is 17.1 Å². The first-order valence-electron chi connectivity index (χ1n) is 12.6. The third-order valence-electron chi connectivity index (χ3n) is 6.75. The molecule has 1 atom stereocenters. The number of methoxy groups -OCH3 is 2. The quantitative estimate of drug-likeness (QED) is 0.231. The summed E-state index contributed by atoms with van der Waals surface area (Å²) in [5, 5.41) is 8.19. The Labute approximate surface area is 227 Å².